The molecule has 0 bridgehead atoms. The standard InChI is InChI=1S/C24H14Br2F3N3O4/c25-18-9-15(22(21(26)11-18)36-13-14-4-6-20(7-5-14)32(34)35)8-16(12-30)23(33)31-19-3-1-2-17(10-19)24(27,28)29/h1-11H,13H2,(H,31,33)/b16-8+. The number of hydrogen-bond donors (Lipinski definition) is 1. The third kappa shape index (κ3) is 6.93. The van der Waals surface area contributed by atoms with Crippen LogP contribution >= 0.6 is 31.9 Å². The fraction of sp³-hybridized carbons (Fsp3) is 0.0833. The lowest BCUT2D eigenvalue weighted by atomic mass is 10.1. The average Bonchev–Trinajstić information content (AvgIpc) is 2.81. The lowest BCUT2D eigenvalue weighted by Gasteiger charge is -2.13. The molecule has 3 aromatic rings. The number of nitriles is 1. The van der Waals surface area contributed by atoms with Gasteiger partial charge in [0.1, 0.15) is 24.0 Å². The van der Waals surface area contributed by atoms with E-state index in [9.17, 15) is 33.3 Å². The number of alkyl halides is 3. The molecule has 0 spiro atoms. The van der Waals surface area contributed by atoms with Crippen molar-refractivity contribution in [2.24, 2.45) is 0 Å². The minimum Gasteiger partial charge on any atom is -0.487 e. The average molecular weight is 625 g/mol. The van der Waals surface area contributed by atoms with Gasteiger partial charge in [0.15, 0.2) is 0 Å². The van der Waals surface area contributed by atoms with Crippen molar-refractivity contribution >= 4 is 55.2 Å². The second kappa shape index (κ2) is 11.4. The number of nitrogens with one attached hydrogen (secondary N) is 1. The zero-order valence-electron chi connectivity index (χ0n) is 18.0. The normalized spacial score (nSPS) is 11.5. The highest BCUT2D eigenvalue weighted by Crippen LogP contribution is 2.35. The zero-order chi connectivity index (χ0) is 26.5. The molecule has 0 atom stereocenters. The van der Waals surface area contributed by atoms with Gasteiger partial charge in [0.05, 0.1) is 15.0 Å². The van der Waals surface area contributed by atoms with Gasteiger partial charge in [-0.3, -0.25) is 14.9 Å². The quantitative estimate of drug-likeness (QED) is 0.129. The largest absolute Gasteiger partial charge is 0.487 e. The molecule has 0 aliphatic rings. The molecule has 12 heteroatoms. The Morgan fingerprint density at radius 3 is 2.44 bits per heavy atom. The SMILES string of the molecule is N#C/C(=C\c1cc(Br)cc(Br)c1OCc1ccc([N+](=O)[O-])cc1)C(=O)Nc1cccc(C(F)(F)F)c1. The number of non-ortho nitro benzene ring substituents is 1. The Hall–Kier alpha value is -3.69. The molecule has 1 N–H and O–H groups in total. The Morgan fingerprint density at radius 2 is 1.83 bits per heavy atom. The number of nitro benzene ring substituents is 1. The molecule has 0 aromatic heterocycles. The maximum absolute atomic E-state index is 13.0. The Balaban J connectivity index is 1.86. The summed E-state index contributed by atoms with van der Waals surface area (Å²) in [7, 11) is 0. The molecule has 0 saturated carbocycles. The van der Waals surface area contributed by atoms with Crippen LogP contribution in [-0.2, 0) is 17.6 Å². The second-order valence-electron chi connectivity index (χ2n) is 7.22. The molecular weight excluding hydrogens is 611 g/mol. The fourth-order valence-electron chi connectivity index (χ4n) is 2.98. The predicted molar refractivity (Wildman–Crippen MR) is 133 cm³/mol. The lowest BCUT2D eigenvalue weighted by Crippen LogP contribution is -2.14. The van der Waals surface area contributed by atoms with Crippen LogP contribution in [0.1, 0.15) is 16.7 Å². The molecule has 184 valence electrons. The molecule has 7 nitrogen and oxygen atoms in total. The van der Waals surface area contributed by atoms with Gasteiger partial charge in [-0.2, -0.15) is 18.4 Å². The fourth-order valence-corrected chi connectivity index (χ4v) is 4.36. The van der Waals surface area contributed by atoms with Gasteiger partial charge in [0, 0.05) is 27.9 Å². The second-order valence-corrected chi connectivity index (χ2v) is 8.99. The van der Waals surface area contributed by atoms with E-state index >= 15 is 0 Å². The molecule has 0 fully saturated rings. The summed E-state index contributed by atoms with van der Waals surface area (Å²) in [5.74, 6) is -0.634. The van der Waals surface area contributed by atoms with Crippen LogP contribution in [0.4, 0.5) is 24.5 Å². The van der Waals surface area contributed by atoms with E-state index < -0.39 is 22.6 Å². The number of carbonyl (C=O) groups excluding carboxylic acids is 1. The Kier molecular flexibility index (Phi) is 8.49. The van der Waals surface area contributed by atoms with Crippen molar-refractivity contribution in [3.63, 3.8) is 0 Å². The smallest absolute Gasteiger partial charge is 0.416 e. The summed E-state index contributed by atoms with van der Waals surface area (Å²) < 4.78 is 45.8. The Morgan fingerprint density at radius 1 is 1.14 bits per heavy atom. The molecule has 3 aromatic carbocycles. The number of halogens is 5. The van der Waals surface area contributed by atoms with E-state index in [1.807, 2.05) is 0 Å². The van der Waals surface area contributed by atoms with Crippen molar-refractivity contribution in [3.05, 3.63) is 102 Å². The zero-order valence-corrected chi connectivity index (χ0v) is 21.1. The van der Waals surface area contributed by atoms with Crippen molar-refractivity contribution in [1.82, 2.24) is 0 Å². The summed E-state index contributed by atoms with van der Waals surface area (Å²) in [5, 5.41) is 22.7. The van der Waals surface area contributed by atoms with E-state index in [0.29, 0.717) is 20.1 Å². The first-order valence-corrected chi connectivity index (χ1v) is 11.5. The number of benzene rings is 3. The van der Waals surface area contributed by atoms with Crippen LogP contribution in [0.2, 0.25) is 0 Å². The van der Waals surface area contributed by atoms with Crippen LogP contribution in [0, 0.1) is 21.4 Å². The van der Waals surface area contributed by atoms with Gasteiger partial charge < -0.3 is 10.1 Å². The molecule has 1 amide bonds. The predicted octanol–water partition coefficient (Wildman–Crippen LogP) is 7.26. The summed E-state index contributed by atoms with van der Waals surface area (Å²) >= 11 is 6.69. The highest BCUT2D eigenvalue weighted by atomic mass is 79.9. The number of carbonyl (C=O) groups is 1. The molecule has 0 radical (unpaired) electrons. The van der Waals surface area contributed by atoms with E-state index in [1.54, 1.807) is 18.2 Å². The number of anilines is 1. The van der Waals surface area contributed by atoms with Crippen LogP contribution in [0.5, 0.6) is 5.75 Å². The lowest BCUT2D eigenvalue weighted by molar-refractivity contribution is -0.384. The summed E-state index contributed by atoms with van der Waals surface area (Å²) in [6.07, 6.45) is -3.35. The van der Waals surface area contributed by atoms with E-state index in [1.165, 1.54) is 36.4 Å². The molecule has 0 unspecified atom stereocenters. The molecule has 3 rings (SSSR count). The van der Waals surface area contributed by atoms with Crippen LogP contribution in [-0.4, -0.2) is 10.8 Å². The molecule has 0 heterocycles. The molecule has 0 aliphatic heterocycles. The monoisotopic (exact) mass is 623 g/mol. The van der Waals surface area contributed by atoms with Gasteiger partial charge in [-0.1, -0.05) is 22.0 Å². The first-order chi connectivity index (χ1) is 17.0. The minimum atomic E-state index is -4.59. The first kappa shape index (κ1) is 26.9. The van der Waals surface area contributed by atoms with Crippen LogP contribution in [0.15, 0.2) is 75.2 Å². The summed E-state index contributed by atoms with van der Waals surface area (Å²) in [5.41, 5.74) is -0.557. The van der Waals surface area contributed by atoms with E-state index in [2.05, 4.69) is 37.2 Å². The number of nitrogens with zero attached hydrogens (tertiary/aromatic N) is 2. The van der Waals surface area contributed by atoms with Crippen LogP contribution in [0.25, 0.3) is 6.08 Å². The van der Waals surface area contributed by atoms with Crippen LogP contribution in [0.3, 0.4) is 0 Å². The van der Waals surface area contributed by atoms with E-state index in [-0.39, 0.29) is 29.3 Å². The molecule has 0 aliphatic carbocycles. The van der Waals surface area contributed by atoms with Crippen molar-refractivity contribution in [2.45, 2.75) is 12.8 Å². The van der Waals surface area contributed by atoms with Gasteiger partial charge in [-0.05, 0) is 70.0 Å². The minimum absolute atomic E-state index is 0.0252. The van der Waals surface area contributed by atoms with Crippen molar-refractivity contribution in [2.75, 3.05) is 5.32 Å². The number of ether oxygens (including phenoxy) is 1. The maximum Gasteiger partial charge on any atom is 0.416 e. The van der Waals surface area contributed by atoms with Crippen LogP contribution < -0.4 is 10.1 Å². The highest BCUT2D eigenvalue weighted by molar-refractivity contribution is 9.11. The third-order valence-corrected chi connectivity index (χ3v) is 5.73. The van der Waals surface area contributed by atoms with E-state index in [0.717, 1.165) is 18.2 Å². The topological polar surface area (TPSA) is 105 Å². The van der Waals surface area contributed by atoms with Crippen molar-refractivity contribution in [1.29, 1.82) is 5.26 Å². The molecule has 36 heavy (non-hydrogen) atoms. The van der Waals surface area contributed by atoms with Gasteiger partial charge in [-0.25, -0.2) is 0 Å². The number of hydrogen-bond acceptors (Lipinski definition) is 5. The van der Waals surface area contributed by atoms with Gasteiger partial charge in [-0.15, -0.1) is 0 Å². The van der Waals surface area contributed by atoms with Crippen molar-refractivity contribution in [3.8, 4) is 11.8 Å². The number of rotatable bonds is 7. The summed E-state index contributed by atoms with van der Waals surface area (Å²) in [6.45, 7) is 0.0252. The van der Waals surface area contributed by atoms with Crippen molar-refractivity contribution < 1.29 is 27.6 Å². The highest BCUT2D eigenvalue weighted by Gasteiger charge is 2.30. The summed E-state index contributed by atoms with van der Waals surface area (Å²) in [4.78, 5) is 23.0. The molecule has 0 saturated heterocycles. The Bertz CT molecular complexity index is 1380. The number of amides is 1. The van der Waals surface area contributed by atoms with Gasteiger partial charge in [0.2, 0.25) is 0 Å². The van der Waals surface area contributed by atoms with E-state index in [4.69, 9.17) is 4.74 Å². The number of nitro groups is 1. The Labute approximate surface area is 219 Å². The molecular formula is C24H14Br2F3N3O4. The van der Waals surface area contributed by atoms with Gasteiger partial charge in [0.25, 0.3) is 11.6 Å². The summed E-state index contributed by atoms with van der Waals surface area (Å²) in [6, 6.07) is 14.8. The third-order valence-electron chi connectivity index (χ3n) is 4.68. The first-order valence-electron chi connectivity index (χ1n) is 9.93. The van der Waals surface area contributed by atoms with Gasteiger partial charge >= 0.3 is 6.18 Å². The maximum atomic E-state index is 13.0.